The van der Waals surface area contributed by atoms with Crippen LogP contribution in [0.3, 0.4) is 0 Å². The summed E-state index contributed by atoms with van der Waals surface area (Å²) in [6, 6.07) is 9.34. The van der Waals surface area contributed by atoms with Crippen LogP contribution in [0.2, 0.25) is 10.0 Å². The zero-order valence-electron chi connectivity index (χ0n) is 10.7. The number of halogens is 4. The molecule has 0 radical (unpaired) electrons. The number of ether oxygens (including phenoxy) is 1. The maximum Gasteiger partial charge on any atom is 0.137 e. The number of hydrogen-bond acceptors (Lipinski definition) is 2. The van der Waals surface area contributed by atoms with E-state index in [2.05, 4.69) is 0 Å². The third kappa shape index (κ3) is 4.24. The first kappa shape index (κ1) is 17.6. The normalized spacial score (nSPS) is 9.86. The summed E-state index contributed by atoms with van der Waals surface area (Å²) in [7, 11) is 0. The maximum absolute atomic E-state index is 13.6. The topological polar surface area (TPSA) is 59.1 Å². The summed E-state index contributed by atoms with van der Waals surface area (Å²) in [5.41, 5.74) is 6.08. The van der Waals surface area contributed by atoms with Crippen LogP contribution >= 0.6 is 35.6 Å². The van der Waals surface area contributed by atoms with Crippen LogP contribution in [-0.2, 0) is 6.61 Å². The van der Waals surface area contributed by atoms with Crippen molar-refractivity contribution in [2.75, 3.05) is 0 Å². The molecular formula is C14H12Cl3FN2O. The second-order valence-corrected chi connectivity index (χ2v) is 4.88. The molecule has 0 spiro atoms. The van der Waals surface area contributed by atoms with E-state index >= 15 is 0 Å². The Morgan fingerprint density at radius 2 is 1.90 bits per heavy atom. The van der Waals surface area contributed by atoms with Gasteiger partial charge in [-0.1, -0.05) is 35.3 Å². The average Bonchev–Trinajstić information content (AvgIpc) is 2.39. The first-order valence-corrected chi connectivity index (χ1v) is 6.44. The Morgan fingerprint density at radius 3 is 2.52 bits per heavy atom. The Bertz CT molecular complexity index is 665. The van der Waals surface area contributed by atoms with Crippen molar-refractivity contribution in [1.29, 1.82) is 5.41 Å². The summed E-state index contributed by atoms with van der Waals surface area (Å²) < 4.78 is 19.1. The fourth-order valence-electron chi connectivity index (χ4n) is 1.68. The van der Waals surface area contributed by atoms with Crippen molar-refractivity contribution in [2.24, 2.45) is 5.73 Å². The van der Waals surface area contributed by atoms with Crippen molar-refractivity contribution < 1.29 is 9.13 Å². The number of rotatable bonds is 4. The second-order valence-electron chi connectivity index (χ2n) is 4.06. The summed E-state index contributed by atoms with van der Waals surface area (Å²) in [6.07, 6.45) is 0. The van der Waals surface area contributed by atoms with E-state index in [0.717, 1.165) is 5.56 Å². The summed E-state index contributed by atoms with van der Waals surface area (Å²) in [5.74, 6) is -0.764. The van der Waals surface area contributed by atoms with Crippen molar-refractivity contribution in [3.63, 3.8) is 0 Å². The highest BCUT2D eigenvalue weighted by molar-refractivity contribution is 6.42. The Balaban J connectivity index is 0.00000220. The first-order chi connectivity index (χ1) is 9.49. The quantitative estimate of drug-likeness (QED) is 0.634. The zero-order valence-corrected chi connectivity index (χ0v) is 13.0. The van der Waals surface area contributed by atoms with Gasteiger partial charge >= 0.3 is 0 Å². The molecule has 0 fully saturated rings. The molecule has 21 heavy (non-hydrogen) atoms. The summed E-state index contributed by atoms with van der Waals surface area (Å²) >= 11 is 11.7. The summed E-state index contributed by atoms with van der Waals surface area (Å²) in [6.45, 7) is 0.167. The molecule has 2 aromatic rings. The molecule has 0 bridgehead atoms. The van der Waals surface area contributed by atoms with Gasteiger partial charge in [-0.15, -0.1) is 12.4 Å². The Kier molecular flexibility index (Phi) is 6.27. The van der Waals surface area contributed by atoms with Gasteiger partial charge in [0.1, 0.15) is 24.0 Å². The van der Waals surface area contributed by atoms with Gasteiger partial charge in [-0.3, -0.25) is 5.41 Å². The Morgan fingerprint density at radius 1 is 1.19 bits per heavy atom. The van der Waals surface area contributed by atoms with Gasteiger partial charge in [0.25, 0.3) is 0 Å². The van der Waals surface area contributed by atoms with Crippen LogP contribution in [0.1, 0.15) is 11.1 Å². The minimum Gasteiger partial charge on any atom is -0.488 e. The van der Waals surface area contributed by atoms with Crippen molar-refractivity contribution in [1.82, 2.24) is 0 Å². The van der Waals surface area contributed by atoms with E-state index in [1.54, 1.807) is 24.3 Å². The number of hydrogen-bond donors (Lipinski definition) is 2. The van der Waals surface area contributed by atoms with Crippen molar-refractivity contribution in [3.8, 4) is 5.75 Å². The molecule has 2 aromatic carbocycles. The zero-order chi connectivity index (χ0) is 14.7. The predicted octanol–water partition coefficient (Wildman–Crippen LogP) is 4.42. The van der Waals surface area contributed by atoms with Crippen LogP contribution in [0.15, 0.2) is 36.4 Å². The molecule has 0 saturated heterocycles. The molecule has 3 nitrogen and oxygen atoms in total. The molecule has 112 valence electrons. The van der Waals surface area contributed by atoms with Gasteiger partial charge in [0, 0.05) is 0 Å². The number of amidine groups is 1. The largest absolute Gasteiger partial charge is 0.488 e. The average molecular weight is 350 g/mol. The van der Waals surface area contributed by atoms with Gasteiger partial charge in [-0.2, -0.15) is 0 Å². The number of nitrogens with one attached hydrogen (secondary N) is 1. The molecule has 0 aromatic heterocycles. The van der Waals surface area contributed by atoms with Crippen LogP contribution in [0.25, 0.3) is 0 Å². The van der Waals surface area contributed by atoms with Gasteiger partial charge in [-0.05, 0) is 29.8 Å². The fourth-order valence-corrected chi connectivity index (χ4v) is 2.00. The molecule has 0 saturated carbocycles. The lowest BCUT2D eigenvalue weighted by atomic mass is 10.1. The van der Waals surface area contributed by atoms with E-state index < -0.39 is 5.82 Å². The van der Waals surface area contributed by atoms with Gasteiger partial charge < -0.3 is 10.5 Å². The number of benzene rings is 2. The molecule has 3 N–H and O–H groups in total. The monoisotopic (exact) mass is 348 g/mol. The van der Waals surface area contributed by atoms with Crippen LogP contribution in [-0.4, -0.2) is 5.84 Å². The van der Waals surface area contributed by atoms with Gasteiger partial charge in [0.05, 0.1) is 15.6 Å². The Hall–Kier alpha value is -1.49. The molecule has 0 aliphatic carbocycles. The lowest BCUT2D eigenvalue weighted by Crippen LogP contribution is -2.15. The van der Waals surface area contributed by atoms with E-state index in [4.69, 9.17) is 39.1 Å². The minimum atomic E-state index is -0.593. The molecule has 2 rings (SSSR count). The van der Waals surface area contributed by atoms with E-state index in [1.807, 2.05) is 0 Å². The molecule has 0 amide bonds. The minimum absolute atomic E-state index is 0. The SMILES string of the molecule is Cl.N=C(N)c1c(F)cccc1OCc1ccc(Cl)c(Cl)c1. The van der Waals surface area contributed by atoms with E-state index in [0.29, 0.717) is 10.0 Å². The van der Waals surface area contributed by atoms with Crippen LogP contribution in [0, 0.1) is 11.2 Å². The van der Waals surface area contributed by atoms with Crippen molar-refractivity contribution in [3.05, 3.63) is 63.4 Å². The summed E-state index contributed by atoms with van der Waals surface area (Å²) in [4.78, 5) is 0. The molecule has 0 atom stereocenters. The van der Waals surface area contributed by atoms with Crippen molar-refractivity contribution in [2.45, 2.75) is 6.61 Å². The fraction of sp³-hybridized carbons (Fsp3) is 0.0714. The lowest BCUT2D eigenvalue weighted by molar-refractivity contribution is 0.304. The number of nitrogens with two attached hydrogens (primary N) is 1. The first-order valence-electron chi connectivity index (χ1n) is 5.68. The Labute approximate surface area is 137 Å². The molecule has 0 aliphatic heterocycles. The standard InChI is InChI=1S/C14H11Cl2FN2O.ClH/c15-9-5-4-8(6-10(9)16)7-20-12-3-1-2-11(17)13(12)14(18)19;/h1-6H,7H2,(H3,18,19);1H. The van der Waals surface area contributed by atoms with E-state index in [1.165, 1.54) is 12.1 Å². The van der Waals surface area contributed by atoms with Crippen LogP contribution in [0.5, 0.6) is 5.75 Å². The summed E-state index contributed by atoms with van der Waals surface area (Å²) in [5, 5.41) is 8.25. The van der Waals surface area contributed by atoms with Crippen molar-refractivity contribution >= 4 is 41.4 Å². The molecule has 0 aliphatic rings. The van der Waals surface area contributed by atoms with Crippen LogP contribution in [0.4, 0.5) is 4.39 Å². The second kappa shape index (κ2) is 7.50. The van der Waals surface area contributed by atoms with Gasteiger partial charge in [-0.25, -0.2) is 4.39 Å². The third-order valence-electron chi connectivity index (χ3n) is 2.62. The lowest BCUT2D eigenvalue weighted by Gasteiger charge is -2.11. The van der Waals surface area contributed by atoms with E-state index in [9.17, 15) is 4.39 Å². The third-order valence-corrected chi connectivity index (χ3v) is 3.36. The number of nitrogen functional groups attached to an aromatic ring is 1. The maximum atomic E-state index is 13.6. The highest BCUT2D eigenvalue weighted by Crippen LogP contribution is 2.25. The highest BCUT2D eigenvalue weighted by atomic mass is 35.5. The molecule has 7 heteroatoms. The molecular weight excluding hydrogens is 338 g/mol. The van der Waals surface area contributed by atoms with Crippen LogP contribution < -0.4 is 10.5 Å². The van der Waals surface area contributed by atoms with Gasteiger partial charge in [0.2, 0.25) is 0 Å². The molecule has 0 heterocycles. The predicted molar refractivity (Wildman–Crippen MR) is 85.5 cm³/mol. The van der Waals surface area contributed by atoms with E-state index in [-0.39, 0.29) is 36.2 Å². The van der Waals surface area contributed by atoms with Gasteiger partial charge in [0.15, 0.2) is 0 Å². The highest BCUT2D eigenvalue weighted by Gasteiger charge is 2.12. The smallest absolute Gasteiger partial charge is 0.137 e. The molecule has 0 unspecified atom stereocenters.